The molecule has 0 aliphatic heterocycles. The fraction of sp³-hybridized carbons (Fsp3) is 0.438. The molecule has 2 aromatic carbocycles. The average molecular weight is 671 g/mol. The molecule has 13 N–H and O–H groups in total. The van der Waals surface area contributed by atoms with Crippen molar-refractivity contribution in [2.75, 3.05) is 13.1 Å². The zero-order chi connectivity index (χ0) is 35.8. The summed E-state index contributed by atoms with van der Waals surface area (Å²) in [4.78, 5) is 67.9. The Hall–Kier alpha value is -5.38. The van der Waals surface area contributed by atoms with Gasteiger partial charge < -0.3 is 53.8 Å². The Balaban J connectivity index is 2.10. The zero-order valence-corrected chi connectivity index (χ0v) is 27.0. The number of carbonyl (C=O) groups excluding carboxylic acids is 4. The molecule has 48 heavy (non-hydrogen) atoms. The van der Waals surface area contributed by atoms with Crippen molar-refractivity contribution in [3.63, 3.8) is 0 Å². The number of amides is 4. The third-order valence-corrected chi connectivity index (χ3v) is 7.09. The quantitative estimate of drug-likeness (QED) is 0.0490. The van der Waals surface area contributed by atoms with Crippen LogP contribution in [0, 0.1) is 5.92 Å². The standard InChI is InChI=1S/C32H46N8O8/c1-18(2)14-24(29(45)37-17-27(43)38-26(31(47)48)16-20-7-11-22(42)12-8-20)40-30(46)25(15-19-5-9-21(41)10-6-19)39-28(44)23(33)4-3-13-36-32(34)35/h5-12,18,23-26,41-42H,3-4,13-17,33H2,1-2H3,(H,37,45)(H,38,43)(H,39,44)(H,40,46)(H,47,48)(H4,34,35,36)/t23-,24-,25-,26-/m0/s1. The van der Waals surface area contributed by atoms with Gasteiger partial charge in [0.05, 0.1) is 12.6 Å². The number of carbonyl (C=O) groups is 5. The Kier molecular flexibility index (Phi) is 15.6. The normalized spacial score (nSPS) is 13.3. The molecule has 0 aliphatic rings. The molecule has 4 amide bonds. The van der Waals surface area contributed by atoms with E-state index in [1.54, 1.807) is 12.1 Å². The van der Waals surface area contributed by atoms with Crippen molar-refractivity contribution in [1.82, 2.24) is 21.3 Å². The summed E-state index contributed by atoms with van der Waals surface area (Å²) in [6.07, 6.45) is 0.774. The zero-order valence-electron chi connectivity index (χ0n) is 27.0. The highest BCUT2D eigenvalue weighted by molar-refractivity contribution is 5.94. The van der Waals surface area contributed by atoms with Gasteiger partial charge in [-0.2, -0.15) is 0 Å². The summed E-state index contributed by atoms with van der Waals surface area (Å²) in [5.41, 5.74) is 17.8. The maximum absolute atomic E-state index is 13.6. The molecule has 0 heterocycles. The van der Waals surface area contributed by atoms with Crippen LogP contribution in [0.1, 0.15) is 44.2 Å². The molecule has 16 nitrogen and oxygen atoms in total. The van der Waals surface area contributed by atoms with Gasteiger partial charge in [-0.25, -0.2) is 4.79 Å². The van der Waals surface area contributed by atoms with Crippen LogP contribution in [0.2, 0.25) is 0 Å². The van der Waals surface area contributed by atoms with Crippen LogP contribution in [0.15, 0.2) is 53.5 Å². The first-order chi connectivity index (χ1) is 22.6. The number of benzene rings is 2. The van der Waals surface area contributed by atoms with Crippen molar-refractivity contribution in [3.05, 3.63) is 59.7 Å². The van der Waals surface area contributed by atoms with E-state index < -0.39 is 60.3 Å². The maximum atomic E-state index is 13.6. The lowest BCUT2D eigenvalue weighted by Crippen LogP contribution is -2.57. The summed E-state index contributed by atoms with van der Waals surface area (Å²) in [5.74, 6) is -4.18. The highest BCUT2D eigenvalue weighted by atomic mass is 16.4. The molecular weight excluding hydrogens is 624 g/mol. The van der Waals surface area contributed by atoms with E-state index in [2.05, 4.69) is 26.3 Å². The third kappa shape index (κ3) is 14.4. The van der Waals surface area contributed by atoms with Gasteiger partial charge in [-0.3, -0.25) is 24.2 Å². The second-order valence-corrected chi connectivity index (χ2v) is 11.7. The summed E-state index contributed by atoms with van der Waals surface area (Å²) in [6.45, 7) is 3.36. The number of phenolic OH excluding ortho intramolecular Hbond substituents is 2. The molecule has 0 unspecified atom stereocenters. The van der Waals surface area contributed by atoms with Crippen molar-refractivity contribution < 1.29 is 39.3 Å². The van der Waals surface area contributed by atoms with E-state index in [1.807, 2.05) is 13.8 Å². The van der Waals surface area contributed by atoms with E-state index in [1.165, 1.54) is 36.4 Å². The van der Waals surface area contributed by atoms with Crippen molar-refractivity contribution in [1.29, 1.82) is 0 Å². The van der Waals surface area contributed by atoms with Crippen LogP contribution in [0.25, 0.3) is 0 Å². The van der Waals surface area contributed by atoms with Crippen molar-refractivity contribution >= 4 is 35.6 Å². The molecule has 0 aromatic heterocycles. The van der Waals surface area contributed by atoms with Crippen LogP contribution in [0.4, 0.5) is 0 Å². The summed E-state index contributed by atoms with van der Waals surface area (Å²) in [5, 5.41) is 38.8. The number of nitrogens with zero attached hydrogens (tertiary/aromatic N) is 1. The van der Waals surface area contributed by atoms with E-state index in [-0.39, 0.29) is 55.6 Å². The number of carboxylic acids is 1. The minimum atomic E-state index is -1.30. The Bertz CT molecular complexity index is 1410. The summed E-state index contributed by atoms with van der Waals surface area (Å²) >= 11 is 0. The van der Waals surface area contributed by atoms with Crippen LogP contribution in [-0.4, -0.2) is 88.1 Å². The van der Waals surface area contributed by atoms with Crippen molar-refractivity contribution in [3.8, 4) is 11.5 Å². The fourth-order valence-electron chi connectivity index (χ4n) is 4.59. The average Bonchev–Trinajstić information content (AvgIpc) is 3.02. The number of guanidine groups is 1. The Morgan fingerprint density at radius 1 is 0.750 bits per heavy atom. The number of nitrogens with two attached hydrogens (primary N) is 3. The number of phenols is 2. The molecule has 2 rings (SSSR count). The van der Waals surface area contributed by atoms with E-state index in [4.69, 9.17) is 17.2 Å². The monoisotopic (exact) mass is 670 g/mol. The minimum Gasteiger partial charge on any atom is -0.508 e. The fourth-order valence-corrected chi connectivity index (χ4v) is 4.59. The number of nitrogens with one attached hydrogen (secondary N) is 4. The Morgan fingerprint density at radius 3 is 1.77 bits per heavy atom. The van der Waals surface area contributed by atoms with Gasteiger partial charge in [0, 0.05) is 19.4 Å². The summed E-state index contributed by atoms with van der Waals surface area (Å²) < 4.78 is 0. The highest BCUT2D eigenvalue weighted by Gasteiger charge is 2.29. The molecule has 2 aromatic rings. The molecule has 0 spiro atoms. The Labute approximate surface area is 278 Å². The first-order valence-electron chi connectivity index (χ1n) is 15.4. The van der Waals surface area contributed by atoms with Gasteiger partial charge in [0.15, 0.2) is 5.96 Å². The topological polar surface area (TPSA) is 285 Å². The molecule has 262 valence electrons. The number of aromatic hydroxyl groups is 2. The maximum Gasteiger partial charge on any atom is 0.326 e. The minimum absolute atomic E-state index is 0.00837. The molecule has 0 saturated carbocycles. The molecule has 0 bridgehead atoms. The smallest absolute Gasteiger partial charge is 0.326 e. The van der Waals surface area contributed by atoms with E-state index in [0.717, 1.165) is 0 Å². The van der Waals surface area contributed by atoms with E-state index in [0.29, 0.717) is 17.5 Å². The highest BCUT2D eigenvalue weighted by Crippen LogP contribution is 2.14. The van der Waals surface area contributed by atoms with Crippen LogP contribution < -0.4 is 38.5 Å². The number of carboxylic acid groups (broad SMARTS) is 1. The summed E-state index contributed by atoms with van der Waals surface area (Å²) in [7, 11) is 0. The lowest BCUT2D eigenvalue weighted by atomic mass is 10.0. The van der Waals surface area contributed by atoms with Crippen LogP contribution in [0.3, 0.4) is 0 Å². The number of hydrogen-bond donors (Lipinski definition) is 10. The van der Waals surface area contributed by atoms with Crippen LogP contribution in [-0.2, 0) is 36.8 Å². The predicted molar refractivity (Wildman–Crippen MR) is 177 cm³/mol. The lowest BCUT2D eigenvalue weighted by molar-refractivity contribution is -0.141. The van der Waals surface area contributed by atoms with E-state index in [9.17, 15) is 39.3 Å². The van der Waals surface area contributed by atoms with Crippen LogP contribution in [0.5, 0.6) is 11.5 Å². The summed E-state index contributed by atoms with van der Waals surface area (Å²) in [6, 6.07) is 7.33. The van der Waals surface area contributed by atoms with Gasteiger partial charge in [-0.15, -0.1) is 0 Å². The lowest BCUT2D eigenvalue weighted by Gasteiger charge is -2.25. The van der Waals surface area contributed by atoms with Gasteiger partial charge in [-0.05, 0) is 60.6 Å². The molecule has 0 saturated heterocycles. The largest absolute Gasteiger partial charge is 0.508 e. The van der Waals surface area contributed by atoms with Gasteiger partial charge in [0.25, 0.3) is 0 Å². The van der Waals surface area contributed by atoms with Crippen LogP contribution >= 0.6 is 0 Å². The van der Waals surface area contributed by atoms with Gasteiger partial charge in [-0.1, -0.05) is 38.1 Å². The molecule has 0 fully saturated rings. The van der Waals surface area contributed by atoms with E-state index >= 15 is 0 Å². The number of aliphatic imine (C=N–C) groups is 1. The second-order valence-electron chi connectivity index (χ2n) is 11.7. The third-order valence-electron chi connectivity index (χ3n) is 7.09. The van der Waals surface area contributed by atoms with Gasteiger partial charge >= 0.3 is 5.97 Å². The first kappa shape index (κ1) is 38.8. The molecule has 0 aliphatic carbocycles. The van der Waals surface area contributed by atoms with Crippen molar-refractivity contribution in [2.24, 2.45) is 28.1 Å². The van der Waals surface area contributed by atoms with Gasteiger partial charge in [0.1, 0.15) is 29.6 Å². The molecular formula is C32H46N8O8. The number of aliphatic carboxylic acids is 1. The SMILES string of the molecule is CC(C)C[C@H](NC(=O)[C@H](Cc1ccc(O)cc1)NC(=O)[C@@H](N)CCCN=C(N)N)C(=O)NCC(=O)N[C@@H](Cc1ccc(O)cc1)C(=O)O. The Morgan fingerprint density at radius 2 is 1.27 bits per heavy atom. The van der Waals surface area contributed by atoms with Gasteiger partial charge in [0.2, 0.25) is 23.6 Å². The number of rotatable bonds is 19. The molecule has 16 heteroatoms. The molecule has 0 radical (unpaired) electrons. The van der Waals surface area contributed by atoms with Crippen molar-refractivity contribution in [2.45, 2.75) is 70.1 Å². The number of hydrogen-bond acceptors (Lipinski definition) is 9. The second kappa shape index (κ2) is 19.3. The molecule has 4 atom stereocenters. The predicted octanol–water partition coefficient (Wildman–Crippen LogP) is -1.03. The first-order valence-corrected chi connectivity index (χ1v) is 15.4.